The van der Waals surface area contributed by atoms with Crippen molar-refractivity contribution in [2.45, 2.75) is 19.0 Å². The fourth-order valence-corrected chi connectivity index (χ4v) is 3.86. The van der Waals surface area contributed by atoms with E-state index in [9.17, 15) is 14.7 Å². The summed E-state index contributed by atoms with van der Waals surface area (Å²) in [5.41, 5.74) is 1.90. The summed E-state index contributed by atoms with van der Waals surface area (Å²) in [5, 5.41) is 10.5. The summed E-state index contributed by atoms with van der Waals surface area (Å²) in [6.45, 7) is 0.127. The Morgan fingerprint density at radius 3 is 2.23 bits per heavy atom. The van der Waals surface area contributed by atoms with Crippen LogP contribution in [0.2, 0.25) is 10.0 Å². The second kappa shape index (κ2) is 10.1. The second-order valence-corrected chi connectivity index (χ2v) is 8.47. The summed E-state index contributed by atoms with van der Waals surface area (Å²) in [6.07, 6.45) is 0.178. The van der Waals surface area contributed by atoms with Crippen molar-refractivity contribution in [3.05, 3.63) is 104 Å². The Hall–Kier alpha value is -2.34. The van der Waals surface area contributed by atoms with Crippen LogP contribution in [0.15, 0.2) is 77.3 Å². The van der Waals surface area contributed by atoms with Gasteiger partial charge in [0.25, 0.3) is 5.91 Å². The van der Waals surface area contributed by atoms with Gasteiger partial charge < -0.3 is 10.0 Å². The molecule has 1 N–H and O–H groups in total. The van der Waals surface area contributed by atoms with Crippen LogP contribution in [0.5, 0.6) is 0 Å². The molecule has 7 heteroatoms. The van der Waals surface area contributed by atoms with Gasteiger partial charge in [-0.25, -0.2) is 4.79 Å². The molecular weight excluding hydrogens is 489 g/mol. The molecule has 0 aliphatic carbocycles. The molecule has 0 heterocycles. The normalized spacial score (nSPS) is 11.7. The predicted molar refractivity (Wildman–Crippen MR) is 122 cm³/mol. The van der Waals surface area contributed by atoms with E-state index in [1.165, 1.54) is 17.0 Å². The van der Waals surface area contributed by atoms with Gasteiger partial charge in [0.15, 0.2) is 0 Å². The summed E-state index contributed by atoms with van der Waals surface area (Å²) in [5.74, 6) is -1.51. The lowest BCUT2D eigenvalue weighted by atomic mass is 10.0. The molecule has 0 spiro atoms. The zero-order valence-corrected chi connectivity index (χ0v) is 18.9. The van der Waals surface area contributed by atoms with Crippen LogP contribution in [0.1, 0.15) is 21.5 Å². The molecule has 0 saturated carbocycles. The number of rotatable bonds is 7. The zero-order chi connectivity index (χ0) is 21.7. The van der Waals surface area contributed by atoms with Crippen molar-refractivity contribution < 1.29 is 14.7 Å². The Bertz CT molecular complexity index is 1060. The molecule has 3 aromatic rings. The fourth-order valence-electron chi connectivity index (χ4n) is 3.12. The van der Waals surface area contributed by atoms with Gasteiger partial charge >= 0.3 is 5.97 Å². The highest BCUT2D eigenvalue weighted by Gasteiger charge is 2.31. The van der Waals surface area contributed by atoms with E-state index in [2.05, 4.69) is 15.9 Å². The molecule has 0 aromatic heterocycles. The van der Waals surface area contributed by atoms with Crippen molar-refractivity contribution >= 4 is 51.0 Å². The number of aliphatic carboxylic acids is 1. The minimum atomic E-state index is -1.08. The van der Waals surface area contributed by atoms with Gasteiger partial charge in [0.1, 0.15) is 6.04 Å². The number of carbonyl (C=O) groups is 2. The first-order chi connectivity index (χ1) is 14.3. The highest BCUT2D eigenvalue weighted by atomic mass is 79.9. The number of hydrogen-bond donors (Lipinski definition) is 1. The minimum absolute atomic E-state index is 0.127. The summed E-state index contributed by atoms with van der Waals surface area (Å²) in [7, 11) is 0. The third-order valence-corrected chi connectivity index (χ3v) is 5.83. The summed E-state index contributed by atoms with van der Waals surface area (Å²) < 4.78 is 0.844. The predicted octanol–water partition coefficient (Wildman–Crippen LogP) is 6.09. The molecule has 3 aromatic carbocycles. The molecule has 3 rings (SSSR count). The molecule has 154 valence electrons. The van der Waals surface area contributed by atoms with Crippen LogP contribution in [0.25, 0.3) is 0 Å². The Labute approximate surface area is 193 Å². The van der Waals surface area contributed by atoms with Crippen molar-refractivity contribution in [1.29, 1.82) is 0 Å². The van der Waals surface area contributed by atoms with Gasteiger partial charge in [-0.1, -0.05) is 81.6 Å². The van der Waals surface area contributed by atoms with Crippen LogP contribution >= 0.6 is 39.1 Å². The molecule has 1 amide bonds. The van der Waals surface area contributed by atoms with Gasteiger partial charge in [0.05, 0.1) is 10.0 Å². The maximum atomic E-state index is 13.4. The quantitative estimate of drug-likeness (QED) is 0.421. The number of carboxylic acid groups (broad SMARTS) is 1. The molecule has 0 unspecified atom stereocenters. The average molecular weight is 507 g/mol. The van der Waals surface area contributed by atoms with E-state index in [1.54, 1.807) is 6.07 Å². The van der Waals surface area contributed by atoms with Gasteiger partial charge in [-0.2, -0.15) is 0 Å². The Kier molecular flexibility index (Phi) is 7.53. The maximum Gasteiger partial charge on any atom is 0.326 e. The average Bonchev–Trinajstić information content (AvgIpc) is 2.73. The number of amides is 1. The number of hydrogen-bond acceptors (Lipinski definition) is 2. The molecule has 0 aliphatic heterocycles. The molecule has 0 bridgehead atoms. The third kappa shape index (κ3) is 5.63. The zero-order valence-electron chi connectivity index (χ0n) is 15.8. The van der Waals surface area contributed by atoms with Crippen molar-refractivity contribution in [1.82, 2.24) is 4.90 Å². The number of nitrogens with zero attached hydrogens (tertiary/aromatic N) is 1. The molecular formula is C23H18BrCl2NO3. The van der Waals surface area contributed by atoms with Crippen LogP contribution in [-0.2, 0) is 17.8 Å². The Balaban J connectivity index is 2.00. The van der Waals surface area contributed by atoms with E-state index in [4.69, 9.17) is 23.2 Å². The third-order valence-electron chi connectivity index (χ3n) is 4.60. The smallest absolute Gasteiger partial charge is 0.326 e. The van der Waals surface area contributed by atoms with Gasteiger partial charge in [0, 0.05) is 23.0 Å². The fraction of sp³-hybridized carbons (Fsp3) is 0.130. The van der Waals surface area contributed by atoms with Crippen LogP contribution in [0, 0.1) is 0 Å². The van der Waals surface area contributed by atoms with Crippen molar-refractivity contribution in [3.63, 3.8) is 0 Å². The first kappa shape index (κ1) is 22.3. The van der Waals surface area contributed by atoms with E-state index < -0.39 is 17.9 Å². The van der Waals surface area contributed by atoms with Gasteiger partial charge in [-0.3, -0.25) is 4.79 Å². The van der Waals surface area contributed by atoms with Gasteiger partial charge in [-0.15, -0.1) is 0 Å². The van der Waals surface area contributed by atoms with E-state index in [1.807, 2.05) is 54.6 Å². The Morgan fingerprint density at radius 1 is 0.900 bits per heavy atom. The van der Waals surface area contributed by atoms with E-state index in [0.29, 0.717) is 5.02 Å². The molecule has 4 nitrogen and oxygen atoms in total. The van der Waals surface area contributed by atoms with Crippen molar-refractivity contribution in [2.24, 2.45) is 0 Å². The van der Waals surface area contributed by atoms with Crippen LogP contribution in [-0.4, -0.2) is 27.9 Å². The molecule has 0 radical (unpaired) electrons. The Morgan fingerprint density at radius 2 is 1.60 bits per heavy atom. The maximum absolute atomic E-state index is 13.4. The highest BCUT2D eigenvalue weighted by Crippen LogP contribution is 2.25. The molecule has 0 fully saturated rings. The van der Waals surface area contributed by atoms with E-state index >= 15 is 0 Å². The summed E-state index contributed by atoms with van der Waals surface area (Å²) in [4.78, 5) is 26.9. The molecule has 0 aliphatic rings. The van der Waals surface area contributed by atoms with Crippen molar-refractivity contribution in [3.8, 4) is 0 Å². The number of carboxylic acids is 1. The lowest BCUT2D eigenvalue weighted by Crippen LogP contribution is -2.46. The van der Waals surface area contributed by atoms with Gasteiger partial charge in [0.2, 0.25) is 0 Å². The standard InChI is InChI=1S/C23H18BrCl2NO3/c24-18-8-4-7-16(11-18)14-27(22(28)17-9-10-19(25)20(26)13-17)21(23(29)30)12-15-5-2-1-3-6-15/h1-11,13,21H,12,14H2,(H,29,30)/t21-/m0/s1. The second-order valence-electron chi connectivity index (χ2n) is 6.74. The first-order valence-electron chi connectivity index (χ1n) is 9.12. The summed E-state index contributed by atoms with van der Waals surface area (Å²) >= 11 is 15.5. The van der Waals surface area contributed by atoms with E-state index in [-0.39, 0.29) is 23.6 Å². The number of carbonyl (C=O) groups excluding carboxylic acids is 1. The molecule has 0 saturated heterocycles. The van der Waals surface area contributed by atoms with Crippen LogP contribution in [0.3, 0.4) is 0 Å². The van der Waals surface area contributed by atoms with Crippen LogP contribution in [0.4, 0.5) is 0 Å². The minimum Gasteiger partial charge on any atom is -0.480 e. The van der Waals surface area contributed by atoms with Crippen LogP contribution < -0.4 is 0 Å². The van der Waals surface area contributed by atoms with Gasteiger partial charge in [-0.05, 0) is 41.5 Å². The van der Waals surface area contributed by atoms with E-state index in [0.717, 1.165) is 15.6 Å². The first-order valence-corrected chi connectivity index (χ1v) is 10.7. The number of benzene rings is 3. The SMILES string of the molecule is O=C(O)[C@H](Cc1ccccc1)N(Cc1cccc(Br)c1)C(=O)c1ccc(Cl)c(Cl)c1. The lowest BCUT2D eigenvalue weighted by molar-refractivity contribution is -0.142. The topological polar surface area (TPSA) is 57.6 Å². The monoisotopic (exact) mass is 505 g/mol. The number of halogens is 3. The lowest BCUT2D eigenvalue weighted by Gasteiger charge is -2.29. The summed E-state index contributed by atoms with van der Waals surface area (Å²) in [6, 6.07) is 20.1. The molecule has 1 atom stereocenters. The largest absolute Gasteiger partial charge is 0.480 e. The highest BCUT2D eigenvalue weighted by molar-refractivity contribution is 9.10. The van der Waals surface area contributed by atoms with Crippen molar-refractivity contribution in [2.75, 3.05) is 0 Å². The molecule has 30 heavy (non-hydrogen) atoms.